The second kappa shape index (κ2) is 5.30. The average molecular weight is 311 g/mol. The van der Waals surface area contributed by atoms with E-state index in [4.69, 9.17) is 11.6 Å². The number of carbonyl (C=O) groups is 2. The Kier molecular flexibility index (Phi) is 3.61. The summed E-state index contributed by atoms with van der Waals surface area (Å²) in [5.74, 6) is -0.933. The topological polar surface area (TPSA) is 40.6 Å². The standard InChI is InChI=1S/C15H16ClFN2O2/c1-9-14(20)18-6-2-3-11(18)8-19(9)15(21)12-7-10(17)4-5-13(12)16/h4-5,7,9,11H,2-3,6,8H2,1H3/t9-,11+/m0/s1. The summed E-state index contributed by atoms with van der Waals surface area (Å²) in [6.07, 6.45) is 1.87. The lowest BCUT2D eigenvalue weighted by molar-refractivity contribution is -0.141. The number of carbonyl (C=O) groups excluding carboxylic acids is 2. The molecule has 3 rings (SSSR count). The van der Waals surface area contributed by atoms with Crippen molar-refractivity contribution in [2.24, 2.45) is 0 Å². The van der Waals surface area contributed by atoms with Crippen molar-refractivity contribution in [3.8, 4) is 0 Å². The van der Waals surface area contributed by atoms with Gasteiger partial charge in [-0.2, -0.15) is 0 Å². The van der Waals surface area contributed by atoms with Crippen LogP contribution in [-0.4, -0.2) is 46.8 Å². The summed E-state index contributed by atoms with van der Waals surface area (Å²) in [4.78, 5) is 28.3. The first-order valence-electron chi connectivity index (χ1n) is 7.05. The summed E-state index contributed by atoms with van der Waals surface area (Å²) in [5, 5.41) is 0.204. The van der Waals surface area contributed by atoms with E-state index in [-0.39, 0.29) is 28.4 Å². The number of rotatable bonds is 1. The molecule has 0 aromatic heterocycles. The molecule has 2 atom stereocenters. The Morgan fingerprint density at radius 2 is 2.19 bits per heavy atom. The summed E-state index contributed by atoms with van der Waals surface area (Å²) in [6.45, 7) is 2.96. The van der Waals surface area contributed by atoms with E-state index in [0.29, 0.717) is 6.54 Å². The Morgan fingerprint density at radius 1 is 1.43 bits per heavy atom. The third-order valence-corrected chi connectivity index (χ3v) is 4.64. The van der Waals surface area contributed by atoms with Gasteiger partial charge in [0.25, 0.3) is 5.91 Å². The van der Waals surface area contributed by atoms with E-state index >= 15 is 0 Å². The molecule has 0 unspecified atom stereocenters. The molecule has 2 amide bonds. The Bertz CT molecular complexity index is 607. The molecule has 6 heteroatoms. The van der Waals surface area contributed by atoms with Crippen LogP contribution in [-0.2, 0) is 4.79 Å². The highest BCUT2D eigenvalue weighted by Crippen LogP contribution is 2.28. The first-order chi connectivity index (χ1) is 9.99. The minimum Gasteiger partial charge on any atom is -0.336 e. The van der Waals surface area contributed by atoms with Crippen molar-refractivity contribution in [1.29, 1.82) is 0 Å². The third-order valence-electron chi connectivity index (χ3n) is 4.31. The van der Waals surface area contributed by atoms with E-state index in [1.54, 1.807) is 6.92 Å². The number of piperazine rings is 1. The first-order valence-corrected chi connectivity index (χ1v) is 7.43. The molecule has 1 aromatic rings. The third kappa shape index (κ3) is 2.39. The molecule has 0 spiro atoms. The lowest BCUT2D eigenvalue weighted by Gasteiger charge is -2.41. The van der Waals surface area contributed by atoms with Crippen LogP contribution in [0.25, 0.3) is 0 Å². The lowest BCUT2D eigenvalue weighted by atomic mass is 10.1. The fourth-order valence-electron chi connectivity index (χ4n) is 3.15. The van der Waals surface area contributed by atoms with E-state index < -0.39 is 11.9 Å². The van der Waals surface area contributed by atoms with Gasteiger partial charge in [-0.1, -0.05) is 11.6 Å². The van der Waals surface area contributed by atoms with E-state index in [1.807, 2.05) is 4.90 Å². The predicted molar refractivity (Wildman–Crippen MR) is 76.6 cm³/mol. The number of nitrogens with zero attached hydrogens (tertiary/aromatic N) is 2. The summed E-state index contributed by atoms with van der Waals surface area (Å²) in [5.41, 5.74) is 0.114. The van der Waals surface area contributed by atoms with E-state index in [1.165, 1.54) is 17.0 Å². The van der Waals surface area contributed by atoms with Gasteiger partial charge in [0.15, 0.2) is 0 Å². The number of fused-ring (bicyclic) bond motifs is 1. The van der Waals surface area contributed by atoms with Crippen molar-refractivity contribution in [3.63, 3.8) is 0 Å². The number of halogens is 2. The van der Waals surface area contributed by atoms with E-state index in [2.05, 4.69) is 0 Å². The zero-order chi connectivity index (χ0) is 15.1. The second-order valence-corrected chi connectivity index (χ2v) is 5.99. The normalized spacial score (nSPS) is 25.2. The van der Waals surface area contributed by atoms with Crippen LogP contribution >= 0.6 is 11.6 Å². The molecule has 0 radical (unpaired) electrons. The SMILES string of the molecule is C[C@H]1C(=O)N2CCC[C@@H]2CN1C(=O)c1cc(F)ccc1Cl. The minimum atomic E-state index is -0.536. The van der Waals surface area contributed by atoms with Gasteiger partial charge < -0.3 is 9.80 Å². The van der Waals surface area contributed by atoms with Crippen LogP contribution < -0.4 is 0 Å². The maximum atomic E-state index is 13.4. The van der Waals surface area contributed by atoms with Crippen molar-refractivity contribution >= 4 is 23.4 Å². The van der Waals surface area contributed by atoms with Gasteiger partial charge in [0.05, 0.1) is 10.6 Å². The molecule has 4 nitrogen and oxygen atoms in total. The molecule has 112 valence electrons. The van der Waals surface area contributed by atoms with Gasteiger partial charge in [-0.3, -0.25) is 9.59 Å². The summed E-state index contributed by atoms with van der Waals surface area (Å²) < 4.78 is 13.4. The fraction of sp³-hybridized carbons (Fsp3) is 0.467. The van der Waals surface area contributed by atoms with Crippen LogP contribution in [0.1, 0.15) is 30.1 Å². The molecule has 2 saturated heterocycles. The highest BCUT2D eigenvalue weighted by Gasteiger charge is 2.42. The van der Waals surface area contributed by atoms with Gasteiger partial charge >= 0.3 is 0 Å². The van der Waals surface area contributed by atoms with E-state index in [0.717, 1.165) is 25.5 Å². The average Bonchev–Trinajstić information content (AvgIpc) is 2.93. The molecule has 2 heterocycles. The maximum absolute atomic E-state index is 13.4. The smallest absolute Gasteiger partial charge is 0.256 e. The molecule has 21 heavy (non-hydrogen) atoms. The predicted octanol–water partition coefficient (Wildman–Crippen LogP) is 2.31. The van der Waals surface area contributed by atoms with Crippen molar-refractivity contribution in [2.45, 2.75) is 31.8 Å². The van der Waals surface area contributed by atoms with Crippen molar-refractivity contribution in [3.05, 3.63) is 34.6 Å². The molecule has 2 aliphatic heterocycles. The monoisotopic (exact) mass is 310 g/mol. The quantitative estimate of drug-likeness (QED) is 0.798. The second-order valence-electron chi connectivity index (χ2n) is 5.59. The molecule has 2 fully saturated rings. The van der Waals surface area contributed by atoms with Crippen molar-refractivity contribution < 1.29 is 14.0 Å². The summed E-state index contributed by atoms with van der Waals surface area (Å²) in [6, 6.07) is 3.24. The molecular weight excluding hydrogens is 295 g/mol. The number of hydrogen-bond donors (Lipinski definition) is 0. The Balaban J connectivity index is 1.90. The van der Waals surface area contributed by atoms with Crippen molar-refractivity contribution in [2.75, 3.05) is 13.1 Å². The van der Waals surface area contributed by atoms with Crippen molar-refractivity contribution in [1.82, 2.24) is 9.80 Å². The van der Waals surface area contributed by atoms with Crippen LogP contribution in [0.3, 0.4) is 0 Å². The van der Waals surface area contributed by atoms with Gasteiger partial charge in [0, 0.05) is 19.1 Å². The fourth-order valence-corrected chi connectivity index (χ4v) is 3.35. The van der Waals surface area contributed by atoms with Crippen LogP contribution in [0.2, 0.25) is 5.02 Å². The minimum absolute atomic E-state index is 0.0374. The first kappa shape index (κ1) is 14.3. The molecule has 2 aliphatic rings. The Morgan fingerprint density at radius 3 is 2.95 bits per heavy atom. The van der Waals surface area contributed by atoms with Gasteiger partial charge in [0.1, 0.15) is 11.9 Å². The zero-order valence-electron chi connectivity index (χ0n) is 11.7. The maximum Gasteiger partial charge on any atom is 0.256 e. The highest BCUT2D eigenvalue weighted by atomic mass is 35.5. The Labute approximate surface area is 127 Å². The van der Waals surface area contributed by atoms with Crippen LogP contribution in [0, 0.1) is 5.82 Å². The van der Waals surface area contributed by atoms with E-state index in [9.17, 15) is 14.0 Å². The molecule has 1 aromatic carbocycles. The molecule has 0 bridgehead atoms. The molecule has 0 aliphatic carbocycles. The summed E-state index contributed by atoms with van der Waals surface area (Å²) in [7, 11) is 0. The molecule has 0 saturated carbocycles. The highest BCUT2D eigenvalue weighted by molar-refractivity contribution is 6.33. The van der Waals surface area contributed by atoms with Gasteiger partial charge in [-0.25, -0.2) is 4.39 Å². The van der Waals surface area contributed by atoms with Crippen LogP contribution in [0.5, 0.6) is 0 Å². The van der Waals surface area contributed by atoms with Crippen LogP contribution in [0.15, 0.2) is 18.2 Å². The number of amides is 2. The van der Waals surface area contributed by atoms with Gasteiger partial charge in [-0.05, 0) is 38.0 Å². The Hall–Kier alpha value is -1.62. The molecular formula is C15H16ClFN2O2. The molecule has 0 N–H and O–H groups in total. The van der Waals surface area contributed by atoms with Gasteiger partial charge in [-0.15, -0.1) is 0 Å². The lowest BCUT2D eigenvalue weighted by Crippen LogP contribution is -2.60. The number of hydrogen-bond acceptors (Lipinski definition) is 2. The zero-order valence-corrected chi connectivity index (χ0v) is 12.4. The number of benzene rings is 1. The largest absolute Gasteiger partial charge is 0.336 e. The van der Waals surface area contributed by atoms with Crippen LogP contribution in [0.4, 0.5) is 4.39 Å². The van der Waals surface area contributed by atoms with Gasteiger partial charge in [0.2, 0.25) is 5.91 Å². The summed E-state index contributed by atoms with van der Waals surface area (Å²) >= 11 is 6.00.